The number of aromatic nitrogens is 1. The number of benzene rings is 1. The summed E-state index contributed by atoms with van der Waals surface area (Å²) in [7, 11) is -1.55. The van der Waals surface area contributed by atoms with Gasteiger partial charge in [-0.3, -0.25) is 4.99 Å². The number of nitrogens with one attached hydrogen (secondary N) is 2. The van der Waals surface area contributed by atoms with Crippen LogP contribution < -0.4 is 10.6 Å². The van der Waals surface area contributed by atoms with Gasteiger partial charge in [0.15, 0.2) is 15.8 Å². The molecule has 0 aliphatic heterocycles. The third-order valence-corrected chi connectivity index (χ3v) is 6.07. The number of rotatable bonds is 8. The van der Waals surface area contributed by atoms with Gasteiger partial charge in [0.25, 0.3) is 0 Å². The maximum atomic E-state index is 13.6. The van der Waals surface area contributed by atoms with E-state index >= 15 is 0 Å². The molecule has 10 heteroatoms. The molecular formula is C19H28FIN4O2S2. The number of guanidine groups is 1. The lowest BCUT2D eigenvalue weighted by molar-refractivity contribution is 0.599. The van der Waals surface area contributed by atoms with Crippen LogP contribution in [-0.2, 0) is 35.0 Å². The number of halogens is 2. The smallest absolute Gasteiger partial charge is 0.191 e. The van der Waals surface area contributed by atoms with E-state index in [0.29, 0.717) is 23.6 Å². The third kappa shape index (κ3) is 8.55. The van der Waals surface area contributed by atoms with Crippen molar-refractivity contribution < 1.29 is 12.8 Å². The number of hydrogen-bond donors (Lipinski definition) is 2. The van der Waals surface area contributed by atoms with Gasteiger partial charge in [-0.15, -0.1) is 35.3 Å². The zero-order chi connectivity index (χ0) is 20.7. The average Bonchev–Trinajstić information content (AvgIpc) is 2.98. The number of thiazole rings is 1. The normalized spacial score (nSPS) is 11.8. The molecule has 0 aliphatic carbocycles. The molecule has 0 saturated carbocycles. The first kappa shape index (κ1) is 25.8. The van der Waals surface area contributed by atoms with Gasteiger partial charge in [-0.2, -0.15) is 0 Å². The summed E-state index contributed by atoms with van der Waals surface area (Å²) in [6, 6.07) is 4.14. The van der Waals surface area contributed by atoms with Gasteiger partial charge in [0, 0.05) is 37.7 Å². The molecule has 0 fully saturated rings. The second-order valence-electron chi connectivity index (χ2n) is 6.55. The largest absolute Gasteiger partial charge is 0.356 e. The van der Waals surface area contributed by atoms with Crippen LogP contribution in [0.3, 0.4) is 0 Å². The molecule has 0 atom stereocenters. The minimum atomic E-state index is -3.21. The topological polar surface area (TPSA) is 83.4 Å². The van der Waals surface area contributed by atoms with Crippen molar-refractivity contribution >= 4 is 51.1 Å². The number of aliphatic imine (C=N–C) groups is 1. The Kier molecular flexibility index (Phi) is 10.5. The molecule has 0 spiro atoms. The van der Waals surface area contributed by atoms with Crippen LogP contribution in [0.5, 0.6) is 0 Å². The molecule has 2 rings (SSSR count). The first-order valence-corrected chi connectivity index (χ1v) is 11.9. The molecule has 0 bridgehead atoms. The van der Waals surface area contributed by atoms with Crippen LogP contribution >= 0.6 is 35.3 Å². The Balaban J connectivity index is 0.00000420. The van der Waals surface area contributed by atoms with Gasteiger partial charge in [-0.05, 0) is 36.6 Å². The number of hydrogen-bond acceptors (Lipinski definition) is 5. The minimum absolute atomic E-state index is 0. The van der Waals surface area contributed by atoms with Crippen molar-refractivity contribution in [3.8, 4) is 0 Å². The summed E-state index contributed by atoms with van der Waals surface area (Å²) in [5.41, 5.74) is 2.32. The van der Waals surface area contributed by atoms with Gasteiger partial charge in [0.1, 0.15) is 5.82 Å². The van der Waals surface area contributed by atoms with E-state index in [9.17, 15) is 12.8 Å². The lowest BCUT2D eigenvalue weighted by atomic mass is 10.1. The fourth-order valence-electron chi connectivity index (χ4n) is 2.79. The predicted molar refractivity (Wildman–Crippen MR) is 128 cm³/mol. The maximum absolute atomic E-state index is 13.6. The van der Waals surface area contributed by atoms with Crippen LogP contribution in [0.25, 0.3) is 0 Å². The molecule has 2 aromatic rings. The Morgan fingerprint density at radius 2 is 2.00 bits per heavy atom. The second-order valence-corrected chi connectivity index (χ2v) is 9.98. The molecule has 1 aromatic heterocycles. The summed E-state index contributed by atoms with van der Waals surface area (Å²) in [6.07, 6.45) is 2.88. The van der Waals surface area contributed by atoms with Gasteiger partial charge < -0.3 is 10.6 Å². The second kappa shape index (κ2) is 11.8. The van der Waals surface area contributed by atoms with Crippen molar-refractivity contribution in [3.05, 3.63) is 50.7 Å². The Hall–Kier alpha value is -1.27. The average molecular weight is 554 g/mol. The predicted octanol–water partition coefficient (Wildman–Crippen LogP) is 3.22. The van der Waals surface area contributed by atoms with Crippen LogP contribution in [-0.4, -0.2) is 39.2 Å². The van der Waals surface area contributed by atoms with E-state index in [0.717, 1.165) is 23.5 Å². The highest BCUT2D eigenvalue weighted by atomic mass is 127. The van der Waals surface area contributed by atoms with Crippen molar-refractivity contribution in [2.75, 3.05) is 19.8 Å². The summed E-state index contributed by atoms with van der Waals surface area (Å²) >= 11 is 1.71. The van der Waals surface area contributed by atoms with E-state index in [1.807, 2.05) is 0 Å². The fraction of sp³-hybridized carbons (Fsp3) is 0.474. The maximum Gasteiger partial charge on any atom is 0.191 e. The highest BCUT2D eigenvalue weighted by Crippen LogP contribution is 2.18. The molecule has 0 unspecified atom stereocenters. The molecule has 2 N–H and O–H groups in total. The molecule has 0 amide bonds. The molecule has 6 nitrogen and oxygen atoms in total. The van der Waals surface area contributed by atoms with E-state index in [1.165, 1.54) is 29.3 Å². The molecule has 0 saturated heterocycles. The van der Waals surface area contributed by atoms with Gasteiger partial charge in [0.05, 0.1) is 16.5 Å². The molecule has 162 valence electrons. The van der Waals surface area contributed by atoms with E-state index in [2.05, 4.69) is 34.5 Å². The number of nitrogens with zero attached hydrogens (tertiary/aromatic N) is 2. The van der Waals surface area contributed by atoms with Crippen molar-refractivity contribution in [1.82, 2.24) is 15.6 Å². The van der Waals surface area contributed by atoms with Crippen LogP contribution in [0.15, 0.2) is 23.2 Å². The molecule has 1 heterocycles. The van der Waals surface area contributed by atoms with Gasteiger partial charge >= 0.3 is 0 Å². The SMILES string of the molecule is CCc1nc(CCNC(=NC)NCc2cc(F)ccc2CS(C)(=O)=O)sc1C.I. The standard InChI is InChI=1S/C19H27FN4O2S2.HI/c1-5-17-13(2)27-18(24-17)8-9-22-19(21-3)23-11-15-10-16(20)7-6-14(15)12-28(4,25)26;/h6-7,10H,5,8-9,11-12H2,1-4H3,(H2,21,22,23);1H. The lowest BCUT2D eigenvalue weighted by Gasteiger charge is -2.14. The summed E-state index contributed by atoms with van der Waals surface area (Å²) in [5, 5.41) is 7.41. The fourth-order valence-corrected chi connectivity index (χ4v) is 4.66. The summed E-state index contributed by atoms with van der Waals surface area (Å²) in [6.45, 7) is 5.12. The monoisotopic (exact) mass is 554 g/mol. The van der Waals surface area contributed by atoms with Crippen LogP contribution in [0, 0.1) is 12.7 Å². The first-order valence-electron chi connectivity index (χ1n) is 9.06. The van der Waals surface area contributed by atoms with E-state index in [4.69, 9.17) is 0 Å². The van der Waals surface area contributed by atoms with Crippen molar-refractivity contribution in [3.63, 3.8) is 0 Å². The first-order chi connectivity index (χ1) is 13.2. The Labute approximate surface area is 193 Å². The number of sulfone groups is 1. The van der Waals surface area contributed by atoms with Gasteiger partial charge in [-0.1, -0.05) is 13.0 Å². The summed E-state index contributed by atoms with van der Waals surface area (Å²) < 4.78 is 36.8. The van der Waals surface area contributed by atoms with Gasteiger partial charge in [-0.25, -0.2) is 17.8 Å². The number of aryl methyl sites for hydroxylation is 2. The molecule has 0 aliphatic rings. The Morgan fingerprint density at radius 1 is 1.28 bits per heavy atom. The molecule has 0 radical (unpaired) electrons. The molecule has 1 aromatic carbocycles. The van der Waals surface area contributed by atoms with E-state index in [-0.39, 0.29) is 36.3 Å². The highest BCUT2D eigenvalue weighted by Gasteiger charge is 2.11. The van der Waals surface area contributed by atoms with Crippen molar-refractivity contribution in [2.45, 2.75) is 39.0 Å². The van der Waals surface area contributed by atoms with Crippen molar-refractivity contribution in [2.24, 2.45) is 4.99 Å². The minimum Gasteiger partial charge on any atom is -0.356 e. The molecule has 29 heavy (non-hydrogen) atoms. The zero-order valence-corrected chi connectivity index (χ0v) is 21.0. The molecular weight excluding hydrogens is 526 g/mol. The van der Waals surface area contributed by atoms with E-state index in [1.54, 1.807) is 18.4 Å². The lowest BCUT2D eigenvalue weighted by Crippen LogP contribution is -2.38. The van der Waals surface area contributed by atoms with Crippen LogP contribution in [0.1, 0.15) is 33.6 Å². The van der Waals surface area contributed by atoms with Crippen LogP contribution in [0.2, 0.25) is 0 Å². The zero-order valence-electron chi connectivity index (χ0n) is 17.1. The summed E-state index contributed by atoms with van der Waals surface area (Å²) in [5.74, 6) is 0.0425. The Morgan fingerprint density at radius 3 is 2.59 bits per heavy atom. The third-order valence-electron chi connectivity index (χ3n) is 4.16. The Bertz CT molecular complexity index is 946. The van der Waals surface area contributed by atoms with E-state index < -0.39 is 15.7 Å². The van der Waals surface area contributed by atoms with Gasteiger partial charge in [0.2, 0.25) is 0 Å². The summed E-state index contributed by atoms with van der Waals surface area (Å²) in [4.78, 5) is 10.0. The van der Waals surface area contributed by atoms with Crippen LogP contribution in [0.4, 0.5) is 4.39 Å². The highest BCUT2D eigenvalue weighted by molar-refractivity contribution is 14.0. The van der Waals surface area contributed by atoms with Crippen molar-refractivity contribution in [1.29, 1.82) is 0 Å². The quantitative estimate of drug-likeness (QED) is 0.298.